The van der Waals surface area contributed by atoms with Crippen LogP contribution in [0.3, 0.4) is 0 Å². The Balaban J connectivity index is 1.91. The summed E-state index contributed by atoms with van der Waals surface area (Å²) in [6, 6.07) is 4.71. The molecule has 3 atom stereocenters. The van der Waals surface area contributed by atoms with Crippen LogP contribution in [0.1, 0.15) is 20.3 Å². The van der Waals surface area contributed by atoms with Crippen molar-refractivity contribution in [2.24, 2.45) is 11.8 Å². The van der Waals surface area contributed by atoms with E-state index < -0.39 is 12.0 Å². The molecular weight excluding hydrogens is 301 g/mol. The number of hydrogen-bond acceptors (Lipinski definition) is 3. The van der Waals surface area contributed by atoms with Crippen molar-refractivity contribution in [1.29, 1.82) is 0 Å². The SMILES string of the molecule is C[C@H](OC(=O)[C@H]1C[C@@H]1C)C(=O)Nc1cc(Cl)cc(Cl)c1. The minimum Gasteiger partial charge on any atom is -0.452 e. The van der Waals surface area contributed by atoms with Crippen LogP contribution in [0.2, 0.25) is 10.0 Å². The topological polar surface area (TPSA) is 55.4 Å². The molecular formula is C14H15Cl2NO3. The van der Waals surface area contributed by atoms with Crippen molar-refractivity contribution in [3.63, 3.8) is 0 Å². The van der Waals surface area contributed by atoms with Crippen molar-refractivity contribution < 1.29 is 14.3 Å². The van der Waals surface area contributed by atoms with Gasteiger partial charge in [-0.05, 0) is 37.5 Å². The summed E-state index contributed by atoms with van der Waals surface area (Å²) in [7, 11) is 0. The van der Waals surface area contributed by atoms with Gasteiger partial charge in [-0.15, -0.1) is 0 Å². The summed E-state index contributed by atoms with van der Waals surface area (Å²) < 4.78 is 5.12. The van der Waals surface area contributed by atoms with Crippen LogP contribution in [-0.2, 0) is 14.3 Å². The smallest absolute Gasteiger partial charge is 0.309 e. The molecule has 6 heteroatoms. The molecule has 20 heavy (non-hydrogen) atoms. The molecule has 0 unspecified atom stereocenters. The van der Waals surface area contributed by atoms with Crippen molar-refractivity contribution >= 4 is 40.8 Å². The van der Waals surface area contributed by atoms with E-state index in [1.54, 1.807) is 18.2 Å². The number of esters is 1. The summed E-state index contributed by atoms with van der Waals surface area (Å²) in [6.07, 6.45) is -0.0232. The first-order valence-corrected chi connectivity index (χ1v) is 7.10. The quantitative estimate of drug-likeness (QED) is 0.865. The average Bonchev–Trinajstić information content (AvgIpc) is 3.04. The molecule has 1 N–H and O–H groups in total. The molecule has 0 bridgehead atoms. The molecule has 0 radical (unpaired) electrons. The fraction of sp³-hybridized carbons (Fsp3) is 0.429. The minimum atomic E-state index is -0.854. The number of carbonyl (C=O) groups is 2. The minimum absolute atomic E-state index is 0.0640. The Morgan fingerprint density at radius 2 is 1.85 bits per heavy atom. The van der Waals surface area contributed by atoms with Crippen LogP contribution in [0.15, 0.2) is 18.2 Å². The lowest BCUT2D eigenvalue weighted by Crippen LogP contribution is -2.30. The lowest BCUT2D eigenvalue weighted by molar-refractivity contribution is -0.154. The van der Waals surface area contributed by atoms with Gasteiger partial charge < -0.3 is 10.1 Å². The van der Waals surface area contributed by atoms with Gasteiger partial charge in [-0.2, -0.15) is 0 Å². The summed E-state index contributed by atoms with van der Waals surface area (Å²) in [5, 5.41) is 3.46. The molecule has 1 aromatic rings. The Morgan fingerprint density at radius 3 is 2.35 bits per heavy atom. The predicted molar refractivity (Wildman–Crippen MR) is 77.9 cm³/mol. The number of halogens is 2. The summed E-state index contributed by atoms with van der Waals surface area (Å²) in [6.45, 7) is 3.51. The molecule has 1 amide bonds. The number of nitrogens with one attached hydrogen (secondary N) is 1. The first-order chi connectivity index (χ1) is 9.36. The number of rotatable bonds is 4. The van der Waals surface area contributed by atoms with Crippen molar-refractivity contribution in [3.8, 4) is 0 Å². The highest BCUT2D eigenvalue weighted by atomic mass is 35.5. The number of amides is 1. The maximum Gasteiger partial charge on any atom is 0.309 e. The van der Waals surface area contributed by atoms with Gasteiger partial charge in [0.2, 0.25) is 0 Å². The Morgan fingerprint density at radius 1 is 1.30 bits per heavy atom. The van der Waals surface area contributed by atoms with Gasteiger partial charge in [-0.3, -0.25) is 9.59 Å². The molecule has 1 saturated carbocycles. The van der Waals surface area contributed by atoms with Crippen molar-refractivity contribution in [2.75, 3.05) is 5.32 Å². The second kappa shape index (κ2) is 6.02. The summed E-state index contributed by atoms with van der Waals surface area (Å²) in [4.78, 5) is 23.6. The van der Waals surface area contributed by atoms with E-state index >= 15 is 0 Å². The van der Waals surface area contributed by atoms with Crippen LogP contribution in [-0.4, -0.2) is 18.0 Å². The zero-order chi connectivity index (χ0) is 14.9. The molecule has 108 valence electrons. The zero-order valence-electron chi connectivity index (χ0n) is 11.2. The molecule has 0 aromatic heterocycles. The highest BCUT2D eigenvalue weighted by molar-refractivity contribution is 6.35. The maximum atomic E-state index is 11.9. The average molecular weight is 316 g/mol. The summed E-state index contributed by atoms with van der Waals surface area (Å²) in [5.41, 5.74) is 0.468. The Labute approximate surface area is 127 Å². The van der Waals surface area contributed by atoms with Gasteiger partial charge in [-0.25, -0.2) is 0 Å². The number of carbonyl (C=O) groups excluding carboxylic acids is 2. The van der Waals surface area contributed by atoms with E-state index in [0.29, 0.717) is 21.7 Å². The third kappa shape index (κ3) is 3.87. The van der Waals surface area contributed by atoms with Crippen LogP contribution in [0, 0.1) is 11.8 Å². The van der Waals surface area contributed by atoms with E-state index in [9.17, 15) is 9.59 Å². The van der Waals surface area contributed by atoms with Crippen LogP contribution in [0.4, 0.5) is 5.69 Å². The lowest BCUT2D eigenvalue weighted by atomic mass is 10.3. The largest absolute Gasteiger partial charge is 0.452 e. The molecule has 0 saturated heterocycles. The summed E-state index contributed by atoms with van der Waals surface area (Å²) in [5.74, 6) is -0.440. The van der Waals surface area contributed by atoms with E-state index in [4.69, 9.17) is 27.9 Å². The Bertz CT molecular complexity index is 527. The normalized spacial score (nSPS) is 22.0. The monoisotopic (exact) mass is 315 g/mol. The number of hydrogen-bond donors (Lipinski definition) is 1. The van der Waals surface area contributed by atoms with E-state index in [1.807, 2.05) is 6.92 Å². The standard InChI is InChI=1S/C14H15Cl2NO3/c1-7-3-12(7)14(19)20-8(2)13(18)17-11-5-9(15)4-10(16)6-11/h4-8,12H,3H2,1-2H3,(H,17,18)/t7-,8-,12-/m0/s1. The van der Waals surface area contributed by atoms with E-state index in [2.05, 4.69) is 5.32 Å². The number of benzene rings is 1. The van der Waals surface area contributed by atoms with E-state index in [1.165, 1.54) is 6.92 Å². The molecule has 0 heterocycles. The highest BCUT2D eigenvalue weighted by Crippen LogP contribution is 2.38. The lowest BCUT2D eigenvalue weighted by Gasteiger charge is -2.13. The third-order valence-corrected chi connectivity index (χ3v) is 3.64. The highest BCUT2D eigenvalue weighted by Gasteiger charge is 2.41. The van der Waals surface area contributed by atoms with Crippen LogP contribution >= 0.6 is 23.2 Å². The van der Waals surface area contributed by atoms with Crippen LogP contribution in [0.5, 0.6) is 0 Å². The second-order valence-electron chi connectivity index (χ2n) is 5.05. The molecule has 1 aliphatic carbocycles. The van der Waals surface area contributed by atoms with Gasteiger partial charge in [0, 0.05) is 15.7 Å². The molecule has 1 aliphatic rings. The molecule has 2 rings (SSSR count). The first-order valence-electron chi connectivity index (χ1n) is 6.34. The van der Waals surface area contributed by atoms with Gasteiger partial charge in [0.05, 0.1) is 5.92 Å². The number of anilines is 1. The fourth-order valence-corrected chi connectivity index (χ4v) is 2.36. The third-order valence-electron chi connectivity index (χ3n) is 3.20. The van der Waals surface area contributed by atoms with E-state index in [-0.39, 0.29) is 11.9 Å². The zero-order valence-corrected chi connectivity index (χ0v) is 12.7. The Kier molecular flexibility index (Phi) is 4.55. The first kappa shape index (κ1) is 15.1. The molecule has 0 spiro atoms. The summed E-state index contributed by atoms with van der Waals surface area (Å²) >= 11 is 11.7. The van der Waals surface area contributed by atoms with Crippen molar-refractivity contribution in [2.45, 2.75) is 26.4 Å². The van der Waals surface area contributed by atoms with Gasteiger partial charge in [-0.1, -0.05) is 30.1 Å². The Hall–Kier alpha value is -1.26. The van der Waals surface area contributed by atoms with Crippen molar-refractivity contribution in [3.05, 3.63) is 28.2 Å². The second-order valence-corrected chi connectivity index (χ2v) is 5.92. The van der Waals surface area contributed by atoms with Gasteiger partial charge in [0.25, 0.3) is 5.91 Å². The predicted octanol–water partition coefficient (Wildman–Crippen LogP) is 3.52. The van der Waals surface area contributed by atoms with E-state index in [0.717, 1.165) is 6.42 Å². The number of ether oxygens (including phenoxy) is 1. The van der Waals surface area contributed by atoms with Gasteiger partial charge >= 0.3 is 5.97 Å². The molecule has 1 aromatic carbocycles. The van der Waals surface area contributed by atoms with Crippen molar-refractivity contribution in [1.82, 2.24) is 0 Å². The fourth-order valence-electron chi connectivity index (χ4n) is 1.84. The van der Waals surface area contributed by atoms with Crippen LogP contribution < -0.4 is 5.32 Å². The van der Waals surface area contributed by atoms with Gasteiger partial charge in [0.1, 0.15) is 0 Å². The maximum absolute atomic E-state index is 11.9. The molecule has 1 fully saturated rings. The van der Waals surface area contributed by atoms with Crippen LogP contribution in [0.25, 0.3) is 0 Å². The molecule has 4 nitrogen and oxygen atoms in total. The molecule has 0 aliphatic heterocycles. The van der Waals surface area contributed by atoms with Gasteiger partial charge in [0.15, 0.2) is 6.10 Å².